The van der Waals surface area contributed by atoms with Gasteiger partial charge >= 0.3 is 0 Å². The minimum atomic E-state index is 0.139. The van der Waals surface area contributed by atoms with Gasteiger partial charge in [-0.15, -0.1) is 22.7 Å². The smallest absolute Gasteiger partial charge is 0.0439 e. The van der Waals surface area contributed by atoms with Gasteiger partial charge in [-0.05, 0) is 51.2 Å². The van der Waals surface area contributed by atoms with Gasteiger partial charge in [0.25, 0.3) is 0 Å². The minimum absolute atomic E-state index is 0.139. The van der Waals surface area contributed by atoms with Crippen molar-refractivity contribution in [2.45, 2.75) is 24.6 Å². The molecule has 1 unspecified atom stereocenters. The fourth-order valence-electron chi connectivity index (χ4n) is 2.12. The van der Waals surface area contributed by atoms with E-state index in [1.807, 2.05) is 23.1 Å². The maximum atomic E-state index is 6.36. The third kappa shape index (κ3) is 2.70. The molecule has 3 rings (SSSR count). The summed E-state index contributed by atoms with van der Waals surface area (Å²) in [6, 6.07) is 4.57. The molecule has 0 aliphatic carbocycles. The molecule has 2 aromatic rings. The Kier molecular flexibility index (Phi) is 4.15. The molecule has 18 heavy (non-hydrogen) atoms. The third-order valence-corrected chi connectivity index (χ3v) is 7.43. The van der Waals surface area contributed by atoms with E-state index in [9.17, 15) is 0 Å². The Hall–Kier alpha value is 0.190. The molecular weight excluding hydrogens is 346 g/mol. The molecule has 3 heterocycles. The molecule has 0 saturated carbocycles. The number of hydrogen-bond acceptors (Lipinski definition) is 4. The van der Waals surface area contributed by atoms with E-state index in [4.69, 9.17) is 5.73 Å². The normalized spacial score (nSPS) is 16.6. The monoisotopic (exact) mass is 359 g/mol. The number of hydrogen-bond donors (Lipinski definition) is 1. The third-order valence-electron chi connectivity index (χ3n) is 3.11. The van der Waals surface area contributed by atoms with E-state index in [1.54, 1.807) is 16.2 Å². The molecule has 1 nitrogen and oxygen atoms in total. The van der Waals surface area contributed by atoms with Crippen molar-refractivity contribution in [2.75, 3.05) is 5.75 Å². The summed E-state index contributed by atoms with van der Waals surface area (Å²) in [6.45, 7) is 0. The highest BCUT2D eigenvalue weighted by molar-refractivity contribution is 9.10. The van der Waals surface area contributed by atoms with Gasteiger partial charge in [-0.3, -0.25) is 0 Å². The number of thioether (sulfide) groups is 1. The summed E-state index contributed by atoms with van der Waals surface area (Å²) >= 11 is 9.31. The van der Waals surface area contributed by atoms with Crippen molar-refractivity contribution in [1.29, 1.82) is 0 Å². The van der Waals surface area contributed by atoms with Crippen molar-refractivity contribution < 1.29 is 0 Å². The van der Waals surface area contributed by atoms with Gasteiger partial charge in [0.15, 0.2) is 0 Å². The van der Waals surface area contributed by atoms with Crippen LogP contribution in [-0.4, -0.2) is 5.75 Å². The minimum Gasteiger partial charge on any atom is -0.323 e. The number of fused-ring (bicyclic) bond motifs is 1. The first-order valence-corrected chi connectivity index (χ1v) is 9.55. The zero-order valence-corrected chi connectivity index (χ0v) is 13.9. The molecule has 0 fully saturated rings. The highest BCUT2D eigenvalue weighted by Crippen LogP contribution is 2.35. The number of nitrogens with two attached hydrogens (primary N) is 1. The van der Waals surface area contributed by atoms with Gasteiger partial charge in [0.2, 0.25) is 0 Å². The molecule has 0 saturated heterocycles. The molecule has 1 atom stereocenters. The van der Waals surface area contributed by atoms with E-state index < -0.39 is 0 Å². The average Bonchev–Trinajstić information content (AvgIpc) is 2.96. The molecule has 0 spiro atoms. The van der Waals surface area contributed by atoms with Gasteiger partial charge < -0.3 is 5.73 Å². The van der Waals surface area contributed by atoms with Crippen LogP contribution in [0.25, 0.3) is 0 Å². The zero-order chi connectivity index (χ0) is 12.5. The van der Waals surface area contributed by atoms with Crippen LogP contribution in [0.4, 0.5) is 0 Å². The lowest BCUT2D eigenvalue weighted by atomic mass is 10.1. The molecule has 0 bridgehead atoms. The molecule has 0 amide bonds. The van der Waals surface area contributed by atoms with Crippen LogP contribution in [0.5, 0.6) is 0 Å². The van der Waals surface area contributed by atoms with Crippen molar-refractivity contribution >= 4 is 50.4 Å². The average molecular weight is 360 g/mol. The van der Waals surface area contributed by atoms with Crippen LogP contribution in [0.1, 0.15) is 26.2 Å². The maximum absolute atomic E-state index is 6.36. The Morgan fingerprint density at radius 2 is 2.33 bits per heavy atom. The fourth-order valence-corrected chi connectivity index (χ4v) is 6.08. The first-order valence-electron chi connectivity index (χ1n) is 5.90. The lowest BCUT2D eigenvalue weighted by molar-refractivity contribution is 0.743. The van der Waals surface area contributed by atoms with E-state index in [2.05, 4.69) is 33.4 Å². The summed E-state index contributed by atoms with van der Waals surface area (Å²) in [5.74, 6) is 2.43. The highest BCUT2D eigenvalue weighted by Gasteiger charge is 2.18. The van der Waals surface area contributed by atoms with Crippen molar-refractivity contribution in [1.82, 2.24) is 0 Å². The van der Waals surface area contributed by atoms with Gasteiger partial charge in [-0.2, -0.15) is 11.8 Å². The number of thiophene rings is 2. The van der Waals surface area contributed by atoms with Crippen molar-refractivity contribution in [3.8, 4) is 0 Å². The predicted octanol–water partition coefficient (Wildman–Crippen LogP) is 4.60. The number of halogens is 1. The lowest BCUT2D eigenvalue weighted by Crippen LogP contribution is -2.11. The summed E-state index contributed by atoms with van der Waals surface area (Å²) in [6.07, 6.45) is 2.16. The molecule has 0 aromatic carbocycles. The van der Waals surface area contributed by atoms with Crippen LogP contribution in [0.15, 0.2) is 22.0 Å². The summed E-state index contributed by atoms with van der Waals surface area (Å²) in [4.78, 5) is 4.26. The SMILES string of the molecule is NC(Cc1sccc1Br)c1cc2c(s1)CCSC2. The van der Waals surface area contributed by atoms with Gasteiger partial charge in [0, 0.05) is 37.3 Å². The summed E-state index contributed by atoms with van der Waals surface area (Å²) < 4.78 is 1.19. The van der Waals surface area contributed by atoms with Gasteiger partial charge in [0.1, 0.15) is 0 Å². The number of aryl methyl sites for hydroxylation is 1. The Morgan fingerprint density at radius 3 is 3.06 bits per heavy atom. The topological polar surface area (TPSA) is 26.0 Å². The summed E-state index contributed by atoms with van der Waals surface area (Å²) in [5, 5.41) is 2.11. The second-order valence-corrected chi connectivity index (χ2v) is 8.53. The van der Waals surface area contributed by atoms with Crippen molar-refractivity contribution in [3.05, 3.63) is 42.2 Å². The number of rotatable bonds is 3. The van der Waals surface area contributed by atoms with Crippen LogP contribution in [0, 0.1) is 0 Å². The Labute approximate surface area is 128 Å². The fraction of sp³-hybridized carbons (Fsp3) is 0.385. The molecule has 5 heteroatoms. The maximum Gasteiger partial charge on any atom is 0.0439 e. The van der Waals surface area contributed by atoms with E-state index in [1.165, 1.54) is 37.7 Å². The second-order valence-electron chi connectivity index (χ2n) is 4.40. The van der Waals surface area contributed by atoms with Gasteiger partial charge in [-0.1, -0.05) is 0 Å². The lowest BCUT2D eigenvalue weighted by Gasteiger charge is -2.08. The first kappa shape index (κ1) is 13.2. The quantitative estimate of drug-likeness (QED) is 0.865. The summed E-state index contributed by atoms with van der Waals surface area (Å²) in [5.41, 5.74) is 7.88. The van der Waals surface area contributed by atoms with Crippen molar-refractivity contribution in [2.24, 2.45) is 5.73 Å². The van der Waals surface area contributed by atoms with Crippen LogP contribution < -0.4 is 5.73 Å². The van der Waals surface area contributed by atoms with Crippen LogP contribution in [-0.2, 0) is 18.6 Å². The van der Waals surface area contributed by atoms with Crippen LogP contribution in [0.3, 0.4) is 0 Å². The Bertz CT molecular complexity index is 523. The highest BCUT2D eigenvalue weighted by atomic mass is 79.9. The van der Waals surface area contributed by atoms with E-state index in [0.29, 0.717) is 0 Å². The molecule has 96 valence electrons. The second kappa shape index (κ2) is 5.67. The molecule has 1 aliphatic heterocycles. The van der Waals surface area contributed by atoms with E-state index in [0.717, 1.165) is 6.42 Å². The standard InChI is InChI=1S/C13H14BrNS3/c14-9-1-4-17-12(9)6-10(15)13-5-8-7-16-3-2-11(8)18-13/h1,4-5,10H,2-3,6-7,15H2. The predicted molar refractivity (Wildman–Crippen MR) is 86.8 cm³/mol. The van der Waals surface area contributed by atoms with E-state index >= 15 is 0 Å². The van der Waals surface area contributed by atoms with Gasteiger partial charge in [0.05, 0.1) is 0 Å². The molecule has 1 aliphatic rings. The van der Waals surface area contributed by atoms with E-state index in [-0.39, 0.29) is 6.04 Å². The largest absolute Gasteiger partial charge is 0.323 e. The van der Waals surface area contributed by atoms with Crippen LogP contribution in [0.2, 0.25) is 0 Å². The summed E-state index contributed by atoms with van der Waals surface area (Å²) in [7, 11) is 0. The Morgan fingerprint density at radius 1 is 1.44 bits per heavy atom. The Balaban J connectivity index is 1.78. The first-order chi connectivity index (χ1) is 8.74. The molecule has 2 N–H and O–H groups in total. The van der Waals surface area contributed by atoms with Crippen molar-refractivity contribution in [3.63, 3.8) is 0 Å². The van der Waals surface area contributed by atoms with Gasteiger partial charge in [-0.25, -0.2) is 0 Å². The molecular formula is C13H14BrNS3. The zero-order valence-electron chi connectivity index (χ0n) is 9.82. The molecule has 0 radical (unpaired) electrons. The molecule has 2 aromatic heterocycles. The van der Waals surface area contributed by atoms with Crippen LogP contribution >= 0.6 is 50.4 Å².